The lowest BCUT2D eigenvalue weighted by molar-refractivity contribution is -0.134. The van der Waals surface area contributed by atoms with Gasteiger partial charge in [-0.2, -0.15) is 0 Å². The smallest absolute Gasteiger partial charge is 0.344 e. The molecular formula is C14H20N2O5. The molecule has 2 saturated heterocycles. The summed E-state index contributed by atoms with van der Waals surface area (Å²) in [6, 6.07) is 0.510. The second-order valence-electron chi connectivity index (χ2n) is 5.56. The van der Waals surface area contributed by atoms with E-state index < -0.39 is 11.8 Å². The van der Waals surface area contributed by atoms with Crippen LogP contribution in [0, 0.1) is 0 Å². The number of carboxylic acid groups (broad SMARTS) is 1. The maximum Gasteiger partial charge on any atom is 0.344 e. The van der Waals surface area contributed by atoms with Crippen LogP contribution in [0.4, 0.5) is 0 Å². The number of carbonyl (C=O) groups is 2. The Bertz CT molecular complexity index is 462. The summed E-state index contributed by atoms with van der Waals surface area (Å²) < 4.78 is 10.7. The molecule has 0 radical (unpaired) electrons. The molecule has 0 aromatic heterocycles. The Labute approximate surface area is 123 Å². The first-order valence-corrected chi connectivity index (χ1v) is 7.37. The van der Waals surface area contributed by atoms with Gasteiger partial charge in [0, 0.05) is 32.2 Å². The molecule has 3 aliphatic heterocycles. The molecule has 1 N–H and O–H groups in total. The van der Waals surface area contributed by atoms with Gasteiger partial charge in [-0.05, 0) is 12.8 Å². The molecule has 116 valence electrons. The third-order valence-electron chi connectivity index (χ3n) is 4.36. The normalized spacial score (nSPS) is 25.3. The van der Waals surface area contributed by atoms with Gasteiger partial charge in [0.05, 0.1) is 13.2 Å². The number of piperidine rings is 1. The number of ether oxygens (including phenoxy) is 2. The van der Waals surface area contributed by atoms with Crippen molar-refractivity contribution < 1.29 is 24.2 Å². The fourth-order valence-electron chi connectivity index (χ4n) is 3.23. The number of likely N-dealkylation sites (tertiary alicyclic amines) is 1. The van der Waals surface area contributed by atoms with Gasteiger partial charge in [0.2, 0.25) is 11.7 Å². The Morgan fingerprint density at radius 1 is 1.14 bits per heavy atom. The number of carboxylic acids is 1. The predicted molar refractivity (Wildman–Crippen MR) is 72.6 cm³/mol. The van der Waals surface area contributed by atoms with Gasteiger partial charge < -0.3 is 19.5 Å². The lowest BCUT2D eigenvalue weighted by Crippen LogP contribution is -2.48. The zero-order valence-corrected chi connectivity index (χ0v) is 11.9. The van der Waals surface area contributed by atoms with E-state index in [4.69, 9.17) is 14.6 Å². The lowest BCUT2D eigenvalue weighted by Gasteiger charge is -2.40. The standard InChI is InChI=1S/C14H20N2O5/c17-11-9-21-13(12(11)14(18)19)16-3-1-10(2-4-16)15-5-7-20-8-6-15/h10H,1-9H2,(H,18,19). The Morgan fingerprint density at radius 2 is 1.81 bits per heavy atom. The first-order valence-electron chi connectivity index (χ1n) is 7.37. The largest absolute Gasteiger partial charge is 0.477 e. The van der Waals surface area contributed by atoms with Gasteiger partial charge in [-0.15, -0.1) is 0 Å². The molecule has 0 aliphatic carbocycles. The van der Waals surface area contributed by atoms with E-state index in [2.05, 4.69) is 4.90 Å². The summed E-state index contributed by atoms with van der Waals surface area (Å²) in [4.78, 5) is 27.1. The molecule has 0 atom stereocenters. The molecule has 21 heavy (non-hydrogen) atoms. The number of hydrogen-bond donors (Lipinski definition) is 1. The van der Waals surface area contributed by atoms with Crippen LogP contribution in [0.25, 0.3) is 0 Å². The minimum absolute atomic E-state index is 0.152. The number of hydrogen-bond acceptors (Lipinski definition) is 6. The summed E-state index contributed by atoms with van der Waals surface area (Å²) >= 11 is 0. The third-order valence-corrected chi connectivity index (χ3v) is 4.36. The lowest BCUT2D eigenvalue weighted by atomic mass is 10.0. The van der Waals surface area contributed by atoms with E-state index in [-0.39, 0.29) is 18.1 Å². The van der Waals surface area contributed by atoms with Crippen LogP contribution in [0.3, 0.4) is 0 Å². The van der Waals surface area contributed by atoms with Crippen molar-refractivity contribution in [2.24, 2.45) is 0 Å². The average molecular weight is 296 g/mol. The molecule has 3 aliphatic rings. The summed E-state index contributed by atoms with van der Waals surface area (Å²) in [5, 5.41) is 9.13. The van der Waals surface area contributed by atoms with Crippen molar-refractivity contribution in [3.8, 4) is 0 Å². The second-order valence-corrected chi connectivity index (χ2v) is 5.56. The van der Waals surface area contributed by atoms with Crippen LogP contribution < -0.4 is 0 Å². The van der Waals surface area contributed by atoms with Gasteiger partial charge in [0.1, 0.15) is 0 Å². The highest BCUT2D eigenvalue weighted by atomic mass is 16.5. The fraction of sp³-hybridized carbons (Fsp3) is 0.714. The minimum atomic E-state index is -1.19. The van der Waals surface area contributed by atoms with E-state index in [0.29, 0.717) is 6.04 Å². The van der Waals surface area contributed by atoms with Crippen molar-refractivity contribution in [3.63, 3.8) is 0 Å². The summed E-state index contributed by atoms with van der Waals surface area (Å²) in [5.41, 5.74) is -0.195. The number of nitrogens with zero attached hydrogens (tertiary/aromatic N) is 2. The topological polar surface area (TPSA) is 79.3 Å². The second kappa shape index (κ2) is 6.03. The van der Waals surface area contributed by atoms with Crippen molar-refractivity contribution in [2.45, 2.75) is 18.9 Å². The summed E-state index contributed by atoms with van der Waals surface area (Å²) in [6.07, 6.45) is 1.90. The number of ketones is 1. The Morgan fingerprint density at radius 3 is 2.43 bits per heavy atom. The van der Waals surface area contributed by atoms with Gasteiger partial charge in [-0.1, -0.05) is 0 Å². The third kappa shape index (κ3) is 2.89. The Hall–Kier alpha value is -1.60. The van der Waals surface area contributed by atoms with Gasteiger partial charge in [-0.3, -0.25) is 9.69 Å². The monoisotopic (exact) mass is 296 g/mol. The molecule has 0 aromatic rings. The zero-order valence-electron chi connectivity index (χ0n) is 11.9. The van der Waals surface area contributed by atoms with Gasteiger partial charge in [-0.25, -0.2) is 4.79 Å². The minimum Gasteiger partial charge on any atom is -0.477 e. The quantitative estimate of drug-likeness (QED) is 0.715. The summed E-state index contributed by atoms with van der Waals surface area (Å²) in [7, 11) is 0. The van der Waals surface area contributed by atoms with Crippen LogP contribution in [0.15, 0.2) is 11.5 Å². The van der Waals surface area contributed by atoms with Gasteiger partial charge in [0.25, 0.3) is 0 Å². The SMILES string of the molecule is O=C(O)C1=C(N2CCC(N3CCOCC3)CC2)OCC1=O. The van der Waals surface area contributed by atoms with E-state index in [0.717, 1.165) is 52.2 Å². The van der Waals surface area contributed by atoms with Crippen LogP contribution in [0.2, 0.25) is 0 Å². The number of morpholine rings is 1. The van der Waals surface area contributed by atoms with Crippen molar-refractivity contribution in [1.29, 1.82) is 0 Å². The fourth-order valence-corrected chi connectivity index (χ4v) is 3.23. The number of rotatable bonds is 3. The number of carbonyl (C=O) groups excluding carboxylic acids is 1. The number of aliphatic carboxylic acids is 1. The molecule has 7 heteroatoms. The molecule has 7 nitrogen and oxygen atoms in total. The maximum absolute atomic E-state index is 11.6. The molecule has 0 unspecified atom stereocenters. The Balaban J connectivity index is 1.63. The van der Waals surface area contributed by atoms with E-state index in [1.54, 1.807) is 0 Å². The maximum atomic E-state index is 11.6. The zero-order chi connectivity index (χ0) is 14.8. The van der Waals surface area contributed by atoms with E-state index in [9.17, 15) is 9.59 Å². The molecule has 0 aromatic carbocycles. The summed E-state index contributed by atoms with van der Waals surface area (Å²) in [5.74, 6) is -1.37. The highest BCUT2D eigenvalue weighted by molar-refractivity contribution is 6.18. The van der Waals surface area contributed by atoms with Crippen LogP contribution in [-0.4, -0.2) is 78.7 Å². The van der Waals surface area contributed by atoms with Crippen molar-refractivity contribution in [3.05, 3.63) is 11.5 Å². The van der Waals surface area contributed by atoms with Crippen LogP contribution in [-0.2, 0) is 19.1 Å². The van der Waals surface area contributed by atoms with E-state index >= 15 is 0 Å². The average Bonchev–Trinajstić information content (AvgIpc) is 2.90. The van der Waals surface area contributed by atoms with Crippen molar-refractivity contribution in [2.75, 3.05) is 46.0 Å². The molecular weight excluding hydrogens is 276 g/mol. The molecule has 2 fully saturated rings. The highest BCUT2D eigenvalue weighted by Crippen LogP contribution is 2.26. The highest BCUT2D eigenvalue weighted by Gasteiger charge is 2.36. The van der Waals surface area contributed by atoms with E-state index in [1.165, 1.54) is 0 Å². The molecule has 0 spiro atoms. The number of Topliss-reactive ketones (excluding diaryl/α,β-unsaturated/α-hetero) is 1. The van der Waals surface area contributed by atoms with Gasteiger partial charge >= 0.3 is 5.97 Å². The molecule has 3 rings (SSSR count). The summed E-state index contributed by atoms with van der Waals surface area (Å²) in [6.45, 7) is 4.78. The van der Waals surface area contributed by atoms with Crippen LogP contribution in [0.5, 0.6) is 0 Å². The van der Waals surface area contributed by atoms with Crippen LogP contribution in [0.1, 0.15) is 12.8 Å². The molecule has 3 heterocycles. The molecule has 0 saturated carbocycles. The van der Waals surface area contributed by atoms with Crippen molar-refractivity contribution in [1.82, 2.24) is 9.80 Å². The van der Waals surface area contributed by atoms with E-state index in [1.807, 2.05) is 4.90 Å². The van der Waals surface area contributed by atoms with Crippen molar-refractivity contribution >= 4 is 11.8 Å². The first kappa shape index (κ1) is 14.3. The predicted octanol–water partition coefficient (Wildman–Crippen LogP) is -0.321. The van der Waals surface area contributed by atoms with Gasteiger partial charge in [0.15, 0.2) is 12.2 Å². The molecule has 0 bridgehead atoms. The van der Waals surface area contributed by atoms with Crippen LogP contribution >= 0.6 is 0 Å². The first-order chi connectivity index (χ1) is 10.2. The Kier molecular flexibility index (Phi) is 4.12. The molecule has 0 amide bonds.